The van der Waals surface area contributed by atoms with Crippen LogP contribution in [0, 0.1) is 5.92 Å². The molecule has 204 valence electrons. The summed E-state index contributed by atoms with van der Waals surface area (Å²) in [5.74, 6) is 0.555. The van der Waals surface area contributed by atoms with Gasteiger partial charge in [-0.1, -0.05) is 69.3 Å². The summed E-state index contributed by atoms with van der Waals surface area (Å²) in [6.07, 6.45) is 17.4. The monoisotopic (exact) mass is 529 g/mol. The fourth-order valence-corrected chi connectivity index (χ4v) is 7.20. The molecule has 4 heteroatoms. The van der Waals surface area contributed by atoms with Crippen molar-refractivity contribution in [3.63, 3.8) is 0 Å². The lowest BCUT2D eigenvalue weighted by atomic mass is 9.80. The second kappa shape index (κ2) is 9.62. The summed E-state index contributed by atoms with van der Waals surface area (Å²) < 4.78 is 4.56. The lowest BCUT2D eigenvalue weighted by Crippen LogP contribution is -2.26. The predicted octanol–water partition coefficient (Wildman–Crippen LogP) is 8.02. The molecule has 0 N–H and O–H groups in total. The van der Waals surface area contributed by atoms with Gasteiger partial charge in [0.1, 0.15) is 7.05 Å². The number of likely N-dealkylation sites (N-methyl/N-ethyl adjacent to an activating group) is 1. The maximum absolute atomic E-state index is 4.43. The first-order valence-electron chi connectivity index (χ1n) is 14.5. The molecule has 3 aromatic rings. The van der Waals surface area contributed by atoms with Crippen LogP contribution in [0.5, 0.6) is 0 Å². The molecule has 6 rings (SSSR count). The van der Waals surface area contributed by atoms with Crippen LogP contribution in [0.15, 0.2) is 108 Å². The van der Waals surface area contributed by atoms with E-state index in [4.69, 9.17) is 0 Å². The highest BCUT2D eigenvalue weighted by Gasteiger charge is 2.42. The zero-order valence-electron chi connectivity index (χ0n) is 24.9. The zero-order chi connectivity index (χ0) is 28.2. The first kappa shape index (κ1) is 26.3. The molecule has 0 saturated carbocycles. The molecular formula is C36H41N4+. The van der Waals surface area contributed by atoms with Crippen LogP contribution in [0.3, 0.4) is 0 Å². The van der Waals surface area contributed by atoms with E-state index in [0.29, 0.717) is 5.92 Å². The van der Waals surface area contributed by atoms with E-state index < -0.39 is 0 Å². The van der Waals surface area contributed by atoms with Crippen molar-refractivity contribution in [3.05, 3.63) is 120 Å². The van der Waals surface area contributed by atoms with Gasteiger partial charge in [-0.3, -0.25) is 0 Å². The van der Waals surface area contributed by atoms with Crippen LogP contribution in [0.1, 0.15) is 58.6 Å². The highest BCUT2D eigenvalue weighted by molar-refractivity contribution is 6.03. The summed E-state index contributed by atoms with van der Waals surface area (Å²) in [6.45, 7) is 11.7. The Kier molecular flexibility index (Phi) is 6.33. The van der Waals surface area contributed by atoms with E-state index in [0.717, 1.165) is 12.8 Å². The molecule has 0 fully saturated rings. The van der Waals surface area contributed by atoms with Crippen molar-refractivity contribution in [1.29, 1.82) is 0 Å². The first-order chi connectivity index (χ1) is 19.1. The van der Waals surface area contributed by atoms with Crippen molar-refractivity contribution in [2.45, 2.75) is 58.3 Å². The first-order valence-corrected chi connectivity index (χ1v) is 14.5. The Morgan fingerprint density at radius 2 is 1.62 bits per heavy atom. The van der Waals surface area contributed by atoms with E-state index in [1.165, 1.54) is 50.8 Å². The Bertz CT molecular complexity index is 1620. The summed E-state index contributed by atoms with van der Waals surface area (Å²) in [7, 11) is 4.38. The molecule has 4 nitrogen and oxygen atoms in total. The van der Waals surface area contributed by atoms with E-state index in [1.54, 1.807) is 0 Å². The highest BCUT2D eigenvalue weighted by atomic mass is 15.2. The van der Waals surface area contributed by atoms with Gasteiger partial charge in [-0.25, -0.2) is 4.98 Å². The minimum absolute atomic E-state index is 0.0470. The number of para-hydroxylation sites is 2. The lowest BCUT2D eigenvalue weighted by Gasteiger charge is -2.28. The number of benzene rings is 2. The predicted molar refractivity (Wildman–Crippen MR) is 167 cm³/mol. The zero-order valence-corrected chi connectivity index (χ0v) is 24.9. The van der Waals surface area contributed by atoms with Crippen LogP contribution in [-0.2, 0) is 10.8 Å². The van der Waals surface area contributed by atoms with E-state index in [2.05, 4.69) is 147 Å². The van der Waals surface area contributed by atoms with Gasteiger partial charge >= 0.3 is 0 Å². The Morgan fingerprint density at radius 3 is 2.33 bits per heavy atom. The molecule has 0 radical (unpaired) electrons. The Morgan fingerprint density at radius 1 is 0.900 bits per heavy atom. The number of rotatable bonds is 4. The fraction of sp³-hybridized carbons (Fsp3) is 0.333. The van der Waals surface area contributed by atoms with Crippen molar-refractivity contribution >= 4 is 22.8 Å². The number of fused-ring (bicyclic) bond motifs is 2. The van der Waals surface area contributed by atoms with E-state index in [1.807, 2.05) is 12.5 Å². The van der Waals surface area contributed by atoms with E-state index >= 15 is 0 Å². The third kappa shape index (κ3) is 4.13. The van der Waals surface area contributed by atoms with Gasteiger partial charge in [0.05, 0.1) is 17.4 Å². The molecule has 2 aliphatic heterocycles. The van der Waals surface area contributed by atoms with Crippen molar-refractivity contribution in [2.75, 3.05) is 19.0 Å². The molecule has 0 saturated heterocycles. The van der Waals surface area contributed by atoms with Crippen molar-refractivity contribution in [3.8, 4) is 0 Å². The number of imidazole rings is 1. The van der Waals surface area contributed by atoms with Crippen LogP contribution in [0.2, 0.25) is 0 Å². The minimum Gasteiger partial charge on any atom is -0.347 e. The molecule has 0 spiro atoms. The van der Waals surface area contributed by atoms with Gasteiger partial charge in [0.2, 0.25) is 5.69 Å². The SMILES string of the molecule is CC1CC(/C=C/C2=[N+](C)c3ccccc3C2(C)C)=C(n2ccnc2)C(=C/C=C2/N(C)c3ccccc3C2(C)C)/C1. The topological polar surface area (TPSA) is 24.1 Å². The van der Waals surface area contributed by atoms with Crippen LogP contribution in [0.25, 0.3) is 5.70 Å². The molecule has 0 amide bonds. The van der Waals surface area contributed by atoms with Crippen LogP contribution < -0.4 is 4.90 Å². The largest absolute Gasteiger partial charge is 0.347 e. The van der Waals surface area contributed by atoms with Gasteiger partial charge in [-0.2, -0.15) is 4.58 Å². The average Bonchev–Trinajstić information content (AvgIpc) is 3.57. The molecule has 1 unspecified atom stereocenters. The summed E-state index contributed by atoms with van der Waals surface area (Å²) >= 11 is 0. The molecule has 2 aromatic carbocycles. The summed E-state index contributed by atoms with van der Waals surface area (Å²) in [6, 6.07) is 17.5. The van der Waals surface area contributed by atoms with E-state index in [-0.39, 0.29) is 10.8 Å². The number of hydrogen-bond acceptors (Lipinski definition) is 2. The molecule has 1 atom stereocenters. The van der Waals surface area contributed by atoms with Gasteiger partial charge in [0.15, 0.2) is 5.71 Å². The third-order valence-corrected chi connectivity index (χ3v) is 9.27. The summed E-state index contributed by atoms with van der Waals surface area (Å²) in [5, 5.41) is 0. The molecule has 1 aromatic heterocycles. The maximum Gasteiger partial charge on any atom is 0.209 e. The number of nitrogens with zero attached hydrogens (tertiary/aromatic N) is 4. The second-order valence-electron chi connectivity index (χ2n) is 12.7. The molecule has 3 heterocycles. The van der Waals surface area contributed by atoms with E-state index in [9.17, 15) is 0 Å². The van der Waals surface area contributed by atoms with Crippen molar-refractivity contribution in [2.24, 2.45) is 5.92 Å². The number of anilines is 1. The Hall–Kier alpha value is -3.92. The molecular weight excluding hydrogens is 488 g/mol. The van der Waals surface area contributed by atoms with Crippen molar-refractivity contribution in [1.82, 2.24) is 9.55 Å². The second-order valence-corrected chi connectivity index (χ2v) is 12.7. The third-order valence-electron chi connectivity index (χ3n) is 9.27. The Labute approximate surface area is 239 Å². The van der Waals surface area contributed by atoms with Gasteiger partial charge in [-0.15, -0.1) is 0 Å². The minimum atomic E-state index is -0.0470. The van der Waals surface area contributed by atoms with Crippen LogP contribution >= 0.6 is 0 Å². The van der Waals surface area contributed by atoms with Crippen LogP contribution in [0.4, 0.5) is 11.4 Å². The standard InChI is InChI=1S/C36H41N4/c1-25-22-26(16-18-32-35(2,3)28-12-8-10-14-30(28)38(32)6)34(40-21-20-37-24-40)27(23-25)17-19-33-36(4,5)29-13-9-11-15-31(29)39(33)7/h8-21,24-25H,22-23H2,1-7H3/q+1. The number of hydrogen-bond donors (Lipinski definition) is 0. The Balaban J connectivity index is 1.44. The molecule has 0 bridgehead atoms. The fourth-order valence-electron chi connectivity index (χ4n) is 7.20. The van der Waals surface area contributed by atoms with Gasteiger partial charge < -0.3 is 9.47 Å². The molecule has 3 aliphatic rings. The van der Waals surface area contributed by atoms with Gasteiger partial charge in [-0.05, 0) is 61.5 Å². The highest BCUT2D eigenvalue weighted by Crippen LogP contribution is 2.47. The van der Waals surface area contributed by atoms with Gasteiger partial charge in [0.25, 0.3) is 0 Å². The smallest absolute Gasteiger partial charge is 0.209 e. The average molecular weight is 530 g/mol. The lowest BCUT2D eigenvalue weighted by molar-refractivity contribution is -0.401. The molecule has 40 heavy (non-hydrogen) atoms. The quantitative estimate of drug-likeness (QED) is 0.320. The van der Waals surface area contributed by atoms with Crippen LogP contribution in [-0.4, -0.2) is 33.9 Å². The summed E-state index contributed by atoms with van der Waals surface area (Å²) in [4.78, 5) is 6.78. The normalized spacial score (nSPS) is 23.6. The summed E-state index contributed by atoms with van der Waals surface area (Å²) in [5.41, 5.74) is 11.9. The van der Waals surface area contributed by atoms with Gasteiger partial charge in [0, 0.05) is 53.9 Å². The maximum atomic E-state index is 4.43. The molecule has 1 aliphatic carbocycles. The van der Waals surface area contributed by atoms with Crippen molar-refractivity contribution < 1.29 is 4.58 Å². The number of allylic oxidation sites excluding steroid dienone is 8. The number of aromatic nitrogens is 2.